The molecule has 0 radical (unpaired) electrons. The molecule has 0 spiro atoms. The molecule has 1 aromatic rings. The highest BCUT2D eigenvalue weighted by Gasteiger charge is 2.46. The van der Waals surface area contributed by atoms with E-state index >= 15 is 0 Å². The summed E-state index contributed by atoms with van der Waals surface area (Å²) in [6.07, 6.45) is 1.12. The van der Waals surface area contributed by atoms with Gasteiger partial charge < -0.3 is 24.2 Å². The van der Waals surface area contributed by atoms with Crippen LogP contribution in [0, 0.1) is 10.8 Å². The highest BCUT2D eigenvalue weighted by Crippen LogP contribution is 2.35. The number of carbonyl (C=O) groups is 2. The highest BCUT2D eigenvalue weighted by atomic mass is 79.9. The van der Waals surface area contributed by atoms with Crippen molar-refractivity contribution in [2.45, 2.75) is 25.7 Å². The van der Waals surface area contributed by atoms with Gasteiger partial charge in [0.15, 0.2) is 0 Å². The van der Waals surface area contributed by atoms with Crippen LogP contribution in [0.15, 0.2) is 28.7 Å². The predicted octanol–water partition coefficient (Wildman–Crippen LogP) is 2.31. The van der Waals surface area contributed by atoms with Crippen LogP contribution in [0.4, 0.5) is 5.69 Å². The SMILES string of the molecule is COC(=O)C1(CS(=O)(=O)Cl)CCOCC1.O=C(O)C1(CS(=O)(=O)N2CCN(c3ccc(Br)cc3)CC2)CCOCC1. The number of aliphatic carboxylic acids is 1. The number of carboxylic acid groups (broad SMARTS) is 1. The van der Waals surface area contributed by atoms with Crippen LogP contribution in [0.1, 0.15) is 25.7 Å². The van der Waals surface area contributed by atoms with E-state index in [9.17, 15) is 31.5 Å². The van der Waals surface area contributed by atoms with Crippen LogP contribution in [0.25, 0.3) is 0 Å². The Hall–Kier alpha value is -1.49. The Balaban J connectivity index is 0.000000263. The van der Waals surface area contributed by atoms with Gasteiger partial charge in [-0.1, -0.05) is 15.9 Å². The summed E-state index contributed by atoms with van der Waals surface area (Å²) in [6.45, 7) is 3.19. The van der Waals surface area contributed by atoms with E-state index in [0.717, 1.165) is 10.2 Å². The van der Waals surface area contributed by atoms with Gasteiger partial charge in [-0.25, -0.2) is 16.8 Å². The van der Waals surface area contributed by atoms with Crippen molar-refractivity contribution in [3.8, 4) is 0 Å². The fraction of sp³-hybridized carbons (Fsp3) is 0.680. The van der Waals surface area contributed by atoms with Crippen molar-refractivity contribution >= 4 is 63.3 Å². The average Bonchev–Trinajstić information content (AvgIpc) is 2.93. The lowest BCUT2D eigenvalue weighted by atomic mass is 9.82. The minimum atomic E-state index is -3.72. The molecular formula is C25H36BrClN2O10S2. The Morgan fingerprint density at radius 2 is 1.39 bits per heavy atom. The molecule has 3 heterocycles. The molecule has 0 saturated carbocycles. The summed E-state index contributed by atoms with van der Waals surface area (Å²) in [7, 11) is -0.940. The first-order valence-electron chi connectivity index (χ1n) is 13.1. The molecule has 0 atom stereocenters. The number of benzene rings is 1. The van der Waals surface area contributed by atoms with E-state index in [4.69, 9.17) is 20.2 Å². The zero-order chi connectivity index (χ0) is 30.3. The normalized spacial score (nSPS) is 21.3. The van der Waals surface area contributed by atoms with E-state index in [0.29, 0.717) is 65.4 Å². The number of rotatable bonds is 8. The number of piperazine rings is 1. The summed E-state index contributed by atoms with van der Waals surface area (Å²) < 4.78 is 65.1. The minimum Gasteiger partial charge on any atom is -0.481 e. The van der Waals surface area contributed by atoms with Crippen LogP contribution in [-0.2, 0) is 42.9 Å². The highest BCUT2D eigenvalue weighted by molar-refractivity contribution is 9.10. The minimum absolute atomic E-state index is 0.237. The van der Waals surface area contributed by atoms with E-state index in [1.54, 1.807) is 0 Å². The van der Waals surface area contributed by atoms with Gasteiger partial charge in [0, 0.05) is 73.4 Å². The van der Waals surface area contributed by atoms with Crippen LogP contribution in [0.5, 0.6) is 0 Å². The van der Waals surface area contributed by atoms with E-state index < -0.39 is 47.6 Å². The first kappa shape index (κ1) is 34.0. The van der Waals surface area contributed by atoms with Crippen LogP contribution >= 0.6 is 26.6 Å². The Labute approximate surface area is 253 Å². The van der Waals surface area contributed by atoms with Crippen molar-refractivity contribution in [2.75, 3.05) is 76.1 Å². The van der Waals surface area contributed by atoms with Gasteiger partial charge in [-0.3, -0.25) is 9.59 Å². The van der Waals surface area contributed by atoms with Gasteiger partial charge in [0.1, 0.15) is 0 Å². The number of ether oxygens (including phenoxy) is 3. The Bertz CT molecular complexity index is 1260. The fourth-order valence-corrected chi connectivity index (χ4v) is 9.19. The lowest BCUT2D eigenvalue weighted by molar-refractivity contribution is -0.156. The molecular weight excluding hydrogens is 668 g/mol. The lowest BCUT2D eigenvalue weighted by Gasteiger charge is -2.38. The van der Waals surface area contributed by atoms with Crippen LogP contribution in [-0.4, -0.2) is 109 Å². The third kappa shape index (κ3) is 9.25. The maximum atomic E-state index is 12.8. The van der Waals surface area contributed by atoms with Gasteiger partial charge in [0.05, 0.1) is 29.4 Å². The van der Waals surface area contributed by atoms with Gasteiger partial charge >= 0.3 is 11.9 Å². The van der Waals surface area contributed by atoms with E-state index in [1.165, 1.54) is 11.4 Å². The number of hydrogen-bond donors (Lipinski definition) is 1. The average molecular weight is 704 g/mol. The molecule has 0 aromatic heterocycles. The van der Waals surface area contributed by atoms with Gasteiger partial charge in [0.2, 0.25) is 19.1 Å². The number of halogens is 2. The molecule has 0 bridgehead atoms. The number of hydrogen-bond acceptors (Lipinski definition) is 10. The maximum Gasteiger partial charge on any atom is 0.313 e. The first-order valence-corrected chi connectivity index (χ1v) is 18.0. The zero-order valence-corrected chi connectivity index (χ0v) is 26.8. The van der Waals surface area contributed by atoms with Gasteiger partial charge in [-0.15, -0.1) is 0 Å². The third-order valence-electron chi connectivity index (χ3n) is 7.70. The quantitative estimate of drug-likeness (QED) is 0.313. The third-order valence-corrected chi connectivity index (χ3v) is 11.5. The summed E-state index contributed by atoms with van der Waals surface area (Å²) in [4.78, 5) is 25.5. The first-order chi connectivity index (χ1) is 19.2. The molecule has 41 heavy (non-hydrogen) atoms. The summed E-state index contributed by atoms with van der Waals surface area (Å²) in [5.41, 5.74) is -1.22. The van der Waals surface area contributed by atoms with Gasteiger partial charge in [0.25, 0.3) is 0 Å². The fourth-order valence-electron chi connectivity index (χ4n) is 5.21. The largest absolute Gasteiger partial charge is 0.481 e. The molecule has 1 aromatic carbocycles. The summed E-state index contributed by atoms with van der Waals surface area (Å²) >= 11 is 3.41. The molecule has 232 valence electrons. The van der Waals surface area contributed by atoms with E-state index in [2.05, 4.69) is 25.6 Å². The summed E-state index contributed by atoms with van der Waals surface area (Å²) in [5, 5.41) is 9.61. The molecule has 12 nitrogen and oxygen atoms in total. The molecule has 0 aliphatic carbocycles. The van der Waals surface area contributed by atoms with E-state index in [1.807, 2.05) is 24.3 Å². The molecule has 3 saturated heterocycles. The second-order valence-corrected chi connectivity index (χ2v) is 16.0. The smallest absolute Gasteiger partial charge is 0.313 e. The van der Waals surface area contributed by atoms with E-state index in [-0.39, 0.29) is 18.6 Å². The van der Waals surface area contributed by atoms with Crippen LogP contribution in [0.2, 0.25) is 0 Å². The van der Waals surface area contributed by atoms with Crippen molar-refractivity contribution in [1.29, 1.82) is 0 Å². The predicted molar refractivity (Wildman–Crippen MR) is 156 cm³/mol. The zero-order valence-electron chi connectivity index (χ0n) is 22.8. The summed E-state index contributed by atoms with van der Waals surface area (Å²) in [5.74, 6) is -2.32. The molecule has 3 aliphatic rings. The number of carboxylic acids is 1. The van der Waals surface area contributed by atoms with Gasteiger partial charge in [-0.2, -0.15) is 4.31 Å². The van der Waals surface area contributed by atoms with Gasteiger partial charge in [-0.05, 0) is 49.9 Å². The summed E-state index contributed by atoms with van der Waals surface area (Å²) in [6, 6.07) is 7.91. The maximum absolute atomic E-state index is 12.8. The molecule has 1 N–H and O–H groups in total. The number of nitrogens with zero attached hydrogens (tertiary/aromatic N) is 2. The second kappa shape index (κ2) is 14.3. The second-order valence-electron chi connectivity index (χ2n) is 10.4. The Kier molecular flexibility index (Phi) is 11.9. The molecule has 0 amide bonds. The number of carbonyl (C=O) groups excluding carboxylic acids is 1. The van der Waals surface area contributed by atoms with Crippen molar-refractivity contribution in [3.05, 3.63) is 28.7 Å². The molecule has 4 rings (SSSR count). The van der Waals surface area contributed by atoms with Crippen LogP contribution in [0.3, 0.4) is 0 Å². The standard InChI is InChI=1S/C17H23BrN2O5S.C8H13ClO5S/c18-14-1-3-15(4-2-14)19-7-9-20(10-8-19)26(23,24)13-17(16(21)22)5-11-25-12-6-17;1-13-7(10)8(6-15(9,11)12)2-4-14-5-3-8/h1-4H,5-13H2,(H,21,22);2-6H2,1H3. The topological polar surface area (TPSA) is 157 Å². The monoisotopic (exact) mass is 702 g/mol. The number of anilines is 1. The molecule has 3 fully saturated rings. The lowest BCUT2D eigenvalue weighted by Crippen LogP contribution is -2.52. The number of methoxy groups -OCH3 is 1. The van der Waals surface area contributed by atoms with Crippen molar-refractivity contribution in [1.82, 2.24) is 4.31 Å². The number of esters is 1. The van der Waals surface area contributed by atoms with Crippen molar-refractivity contribution < 1.29 is 45.7 Å². The Morgan fingerprint density at radius 1 is 0.902 bits per heavy atom. The molecule has 16 heteroatoms. The van der Waals surface area contributed by atoms with Crippen LogP contribution < -0.4 is 4.90 Å². The van der Waals surface area contributed by atoms with Crippen molar-refractivity contribution in [3.63, 3.8) is 0 Å². The van der Waals surface area contributed by atoms with Crippen molar-refractivity contribution in [2.24, 2.45) is 10.8 Å². The number of sulfonamides is 1. The molecule has 0 unspecified atom stereocenters. The molecule has 3 aliphatic heterocycles. The Morgan fingerprint density at radius 3 is 1.83 bits per heavy atom.